The van der Waals surface area contributed by atoms with Crippen LogP contribution in [0, 0.1) is 17.3 Å². The van der Waals surface area contributed by atoms with Crippen molar-refractivity contribution >= 4 is 5.96 Å². The van der Waals surface area contributed by atoms with Gasteiger partial charge in [-0.2, -0.15) is 0 Å². The molecule has 0 amide bonds. The number of nitrogens with zero attached hydrogens (tertiary/aromatic N) is 2. The number of nitrogens with one attached hydrogen (secondary N) is 1. The number of aliphatic imine (C=N–C) groups is 1. The van der Waals surface area contributed by atoms with Gasteiger partial charge in [0, 0.05) is 25.0 Å². The van der Waals surface area contributed by atoms with Gasteiger partial charge in [0.05, 0.1) is 13.2 Å². The molecule has 3 unspecified atom stereocenters. The van der Waals surface area contributed by atoms with E-state index in [2.05, 4.69) is 31.0 Å². The molecule has 0 spiro atoms. The summed E-state index contributed by atoms with van der Waals surface area (Å²) < 4.78 is 0. The van der Waals surface area contributed by atoms with Crippen LogP contribution in [-0.4, -0.2) is 48.8 Å². The van der Waals surface area contributed by atoms with E-state index in [1.54, 1.807) is 0 Å². The number of aliphatic hydroxyl groups is 1. The van der Waals surface area contributed by atoms with E-state index in [1.807, 2.05) is 0 Å². The highest BCUT2D eigenvalue weighted by atomic mass is 16.3. The van der Waals surface area contributed by atoms with Crippen LogP contribution in [0.3, 0.4) is 0 Å². The summed E-state index contributed by atoms with van der Waals surface area (Å²) in [6, 6.07) is 0. The van der Waals surface area contributed by atoms with Gasteiger partial charge in [-0.3, -0.25) is 4.99 Å². The molecule has 3 atom stereocenters. The maximum Gasteiger partial charge on any atom is 0.193 e. The summed E-state index contributed by atoms with van der Waals surface area (Å²) in [5, 5.41) is 13.0. The fraction of sp³-hybridized carbons (Fsp3) is 0.941. The molecule has 1 saturated carbocycles. The van der Waals surface area contributed by atoms with Crippen LogP contribution in [0.4, 0.5) is 0 Å². The van der Waals surface area contributed by atoms with Crippen LogP contribution in [0.15, 0.2) is 4.99 Å². The van der Waals surface area contributed by atoms with E-state index in [0.717, 1.165) is 30.8 Å². The van der Waals surface area contributed by atoms with Crippen molar-refractivity contribution in [2.75, 3.05) is 32.8 Å². The predicted molar refractivity (Wildman–Crippen MR) is 88.5 cm³/mol. The van der Waals surface area contributed by atoms with Crippen molar-refractivity contribution in [3.05, 3.63) is 0 Å². The SMILES string of the molecule is CCNC(=NCC(C)(CC)CO)N1CC2CCCCC2C1. The van der Waals surface area contributed by atoms with Crippen molar-refractivity contribution in [2.45, 2.75) is 52.9 Å². The lowest BCUT2D eigenvalue weighted by Crippen LogP contribution is -2.41. The average Bonchev–Trinajstić information content (AvgIpc) is 2.94. The zero-order valence-electron chi connectivity index (χ0n) is 14.1. The Labute approximate surface area is 130 Å². The molecular formula is C17H33N3O. The van der Waals surface area contributed by atoms with Gasteiger partial charge in [-0.25, -0.2) is 0 Å². The normalized spacial score (nSPS) is 29.1. The maximum absolute atomic E-state index is 9.56. The van der Waals surface area contributed by atoms with Crippen LogP contribution >= 0.6 is 0 Å². The lowest BCUT2D eigenvalue weighted by Gasteiger charge is -2.26. The van der Waals surface area contributed by atoms with Gasteiger partial charge in [0.25, 0.3) is 0 Å². The van der Waals surface area contributed by atoms with E-state index in [1.165, 1.54) is 38.8 Å². The summed E-state index contributed by atoms with van der Waals surface area (Å²) in [5.74, 6) is 2.80. The second kappa shape index (κ2) is 7.48. The fourth-order valence-electron chi connectivity index (χ4n) is 3.54. The van der Waals surface area contributed by atoms with Gasteiger partial charge in [0.2, 0.25) is 0 Å². The monoisotopic (exact) mass is 295 g/mol. The molecule has 1 aliphatic carbocycles. The second-order valence-corrected chi connectivity index (χ2v) is 7.20. The molecule has 0 aromatic carbocycles. The Kier molecular flexibility index (Phi) is 5.91. The summed E-state index contributed by atoms with van der Waals surface area (Å²) in [6.07, 6.45) is 6.55. The molecule has 1 saturated heterocycles. The highest BCUT2D eigenvalue weighted by Crippen LogP contribution is 2.36. The van der Waals surface area contributed by atoms with Gasteiger partial charge in [-0.1, -0.05) is 26.7 Å². The zero-order valence-corrected chi connectivity index (χ0v) is 14.1. The van der Waals surface area contributed by atoms with Crippen LogP contribution in [0.2, 0.25) is 0 Å². The Balaban J connectivity index is 2.01. The minimum Gasteiger partial charge on any atom is -0.396 e. The van der Waals surface area contributed by atoms with Crippen molar-refractivity contribution in [1.82, 2.24) is 10.2 Å². The molecule has 1 aliphatic heterocycles. The standard InChI is InChI=1S/C17H33N3O/c1-4-17(3,13-21)12-19-16(18-5-2)20-10-14-8-6-7-9-15(14)11-20/h14-15,21H,4-13H2,1-3H3,(H,18,19). The largest absolute Gasteiger partial charge is 0.396 e. The quantitative estimate of drug-likeness (QED) is 0.605. The summed E-state index contributed by atoms with van der Waals surface area (Å²) in [7, 11) is 0. The van der Waals surface area contributed by atoms with E-state index < -0.39 is 0 Å². The summed E-state index contributed by atoms with van der Waals surface area (Å²) in [4.78, 5) is 7.29. The third kappa shape index (κ3) is 4.12. The Morgan fingerprint density at radius 3 is 2.33 bits per heavy atom. The van der Waals surface area contributed by atoms with Crippen LogP contribution < -0.4 is 5.32 Å². The number of hydrogen-bond acceptors (Lipinski definition) is 2. The van der Waals surface area contributed by atoms with E-state index in [4.69, 9.17) is 4.99 Å². The first-order valence-corrected chi connectivity index (χ1v) is 8.76. The molecule has 0 aromatic heterocycles. The van der Waals surface area contributed by atoms with Crippen molar-refractivity contribution < 1.29 is 5.11 Å². The van der Waals surface area contributed by atoms with Crippen molar-refractivity contribution in [2.24, 2.45) is 22.2 Å². The Morgan fingerprint density at radius 2 is 1.86 bits per heavy atom. The summed E-state index contributed by atoms with van der Waals surface area (Å²) in [6.45, 7) is 10.5. The van der Waals surface area contributed by atoms with Gasteiger partial charge in [-0.05, 0) is 38.0 Å². The number of guanidine groups is 1. The molecule has 122 valence electrons. The first-order chi connectivity index (χ1) is 10.1. The first-order valence-electron chi connectivity index (χ1n) is 8.76. The maximum atomic E-state index is 9.56. The molecule has 1 heterocycles. The van der Waals surface area contributed by atoms with Gasteiger partial charge in [0.15, 0.2) is 5.96 Å². The highest BCUT2D eigenvalue weighted by molar-refractivity contribution is 5.80. The average molecular weight is 295 g/mol. The highest BCUT2D eigenvalue weighted by Gasteiger charge is 2.35. The van der Waals surface area contributed by atoms with Gasteiger partial charge in [0.1, 0.15) is 0 Å². The van der Waals surface area contributed by atoms with Gasteiger partial charge >= 0.3 is 0 Å². The molecule has 4 heteroatoms. The number of aliphatic hydroxyl groups excluding tert-OH is 1. The van der Waals surface area contributed by atoms with E-state index in [0.29, 0.717) is 6.54 Å². The Morgan fingerprint density at radius 1 is 1.24 bits per heavy atom. The molecule has 2 rings (SSSR count). The van der Waals surface area contributed by atoms with E-state index in [-0.39, 0.29) is 12.0 Å². The van der Waals surface area contributed by atoms with Crippen LogP contribution in [0.25, 0.3) is 0 Å². The predicted octanol–water partition coefficient (Wildman–Crippen LogP) is 2.48. The lowest BCUT2D eigenvalue weighted by molar-refractivity contribution is 0.145. The van der Waals surface area contributed by atoms with Gasteiger partial charge < -0.3 is 15.3 Å². The third-order valence-corrected chi connectivity index (χ3v) is 5.46. The topological polar surface area (TPSA) is 47.9 Å². The van der Waals surface area contributed by atoms with Gasteiger partial charge in [-0.15, -0.1) is 0 Å². The second-order valence-electron chi connectivity index (χ2n) is 7.20. The van der Waals surface area contributed by atoms with E-state index >= 15 is 0 Å². The summed E-state index contributed by atoms with van der Waals surface area (Å²) >= 11 is 0. The molecule has 2 N–H and O–H groups in total. The van der Waals surface area contributed by atoms with Crippen molar-refractivity contribution in [3.8, 4) is 0 Å². The number of hydrogen-bond donors (Lipinski definition) is 2. The number of fused-ring (bicyclic) bond motifs is 1. The Bertz CT molecular complexity index is 338. The zero-order chi connectivity index (χ0) is 15.3. The molecule has 4 nitrogen and oxygen atoms in total. The number of likely N-dealkylation sites (tertiary alicyclic amines) is 1. The molecule has 0 bridgehead atoms. The fourth-order valence-corrected chi connectivity index (χ4v) is 3.54. The van der Waals surface area contributed by atoms with Crippen LogP contribution in [0.1, 0.15) is 52.9 Å². The van der Waals surface area contributed by atoms with Crippen molar-refractivity contribution in [3.63, 3.8) is 0 Å². The lowest BCUT2D eigenvalue weighted by atomic mass is 9.82. The molecule has 0 radical (unpaired) electrons. The minimum atomic E-state index is -0.0901. The summed E-state index contributed by atoms with van der Waals surface area (Å²) in [5.41, 5.74) is -0.0901. The molecule has 2 aliphatic rings. The van der Waals surface area contributed by atoms with Crippen LogP contribution in [-0.2, 0) is 0 Å². The Hall–Kier alpha value is -0.770. The van der Waals surface area contributed by atoms with Crippen molar-refractivity contribution in [1.29, 1.82) is 0 Å². The molecular weight excluding hydrogens is 262 g/mol. The molecule has 21 heavy (non-hydrogen) atoms. The van der Waals surface area contributed by atoms with Crippen LogP contribution in [0.5, 0.6) is 0 Å². The third-order valence-electron chi connectivity index (χ3n) is 5.46. The smallest absolute Gasteiger partial charge is 0.193 e. The minimum absolute atomic E-state index is 0.0901. The first kappa shape index (κ1) is 16.6. The van der Waals surface area contributed by atoms with E-state index in [9.17, 15) is 5.11 Å². The molecule has 0 aromatic rings. The molecule has 2 fully saturated rings. The number of rotatable bonds is 5.